The molecule has 104 valence electrons. The van der Waals surface area contributed by atoms with Crippen molar-refractivity contribution in [3.63, 3.8) is 0 Å². The first-order chi connectivity index (χ1) is 10.2. The third-order valence-electron chi connectivity index (χ3n) is 2.91. The van der Waals surface area contributed by atoms with Gasteiger partial charge in [0.15, 0.2) is 11.5 Å². The molecule has 0 aliphatic rings. The van der Waals surface area contributed by atoms with Gasteiger partial charge in [-0.2, -0.15) is 10.2 Å². The van der Waals surface area contributed by atoms with Gasteiger partial charge in [-0.25, -0.2) is 0 Å². The summed E-state index contributed by atoms with van der Waals surface area (Å²) in [6.07, 6.45) is 1.56. The van der Waals surface area contributed by atoms with Gasteiger partial charge in [-0.3, -0.25) is 0 Å². The van der Waals surface area contributed by atoms with Crippen molar-refractivity contribution in [2.24, 2.45) is 0 Å². The van der Waals surface area contributed by atoms with E-state index >= 15 is 0 Å². The minimum atomic E-state index is 0.0352. The monoisotopic (exact) mass is 282 g/mol. The van der Waals surface area contributed by atoms with Crippen molar-refractivity contribution < 1.29 is 14.4 Å². The van der Waals surface area contributed by atoms with Gasteiger partial charge >= 0.3 is 0 Å². The first-order valence-electron chi connectivity index (χ1n) is 6.01. The lowest BCUT2D eigenvalue weighted by Gasteiger charge is -2.03. The Labute approximate surface area is 119 Å². The Morgan fingerprint density at radius 2 is 2.24 bits per heavy atom. The normalized spacial score (nSPS) is 10.3. The van der Waals surface area contributed by atoms with Gasteiger partial charge in [-0.15, -0.1) is 0 Å². The van der Waals surface area contributed by atoms with E-state index in [1.807, 2.05) is 6.07 Å². The molecule has 0 aliphatic heterocycles. The Morgan fingerprint density at radius 3 is 2.95 bits per heavy atom. The van der Waals surface area contributed by atoms with E-state index in [9.17, 15) is 5.11 Å². The van der Waals surface area contributed by atoms with Gasteiger partial charge in [0, 0.05) is 11.8 Å². The van der Waals surface area contributed by atoms with Crippen LogP contribution in [0.15, 0.2) is 35.0 Å². The molecule has 2 aromatic heterocycles. The minimum Gasteiger partial charge on any atom is -0.504 e. The Balaban J connectivity index is 1.96. The number of rotatable bonds is 3. The van der Waals surface area contributed by atoms with Crippen LogP contribution in [-0.2, 0) is 0 Å². The summed E-state index contributed by atoms with van der Waals surface area (Å²) < 4.78 is 10.2. The maximum absolute atomic E-state index is 9.57. The number of phenolic OH excluding ortho intramolecular Hbond substituents is 1. The summed E-state index contributed by atoms with van der Waals surface area (Å²) in [5.74, 6) is 0.994. The third kappa shape index (κ3) is 2.30. The van der Waals surface area contributed by atoms with Crippen LogP contribution < -0.4 is 4.74 Å². The van der Waals surface area contributed by atoms with Crippen molar-refractivity contribution in [2.75, 3.05) is 7.11 Å². The number of benzene rings is 1. The summed E-state index contributed by atoms with van der Waals surface area (Å²) in [6, 6.07) is 8.39. The van der Waals surface area contributed by atoms with Crippen molar-refractivity contribution >= 4 is 0 Å². The Hall–Kier alpha value is -3.27. The van der Waals surface area contributed by atoms with Crippen molar-refractivity contribution in [2.45, 2.75) is 0 Å². The van der Waals surface area contributed by atoms with E-state index in [2.05, 4.69) is 15.1 Å². The zero-order valence-corrected chi connectivity index (χ0v) is 11.0. The van der Waals surface area contributed by atoms with Gasteiger partial charge in [-0.05, 0) is 24.3 Å². The van der Waals surface area contributed by atoms with E-state index in [4.69, 9.17) is 14.5 Å². The predicted molar refractivity (Wildman–Crippen MR) is 72.5 cm³/mol. The van der Waals surface area contributed by atoms with E-state index in [1.54, 1.807) is 24.4 Å². The van der Waals surface area contributed by atoms with Crippen LogP contribution in [0.25, 0.3) is 23.0 Å². The van der Waals surface area contributed by atoms with Gasteiger partial charge < -0.3 is 19.4 Å². The van der Waals surface area contributed by atoms with Gasteiger partial charge in [0.05, 0.1) is 12.7 Å². The molecule has 0 radical (unpaired) electrons. The molecule has 0 saturated heterocycles. The quantitative estimate of drug-likeness (QED) is 0.763. The van der Waals surface area contributed by atoms with Gasteiger partial charge in [0.1, 0.15) is 11.8 Å². The summed E-state index contributed by atoms with van der Waals surface area (Å²) >= 11 is 0. The average Bonchev–Trinajstić information content (AvgIpc) is 3.16. The number of aromatic amines is 1. The third-order valence-corrected chi connectivity index (χ3v) is 2.91. The molecule has 0 atom stereocenters. The van der Waals surface area contributed by atoms with E-state index in [1.165, 1.54) is 13.2 Å². The minimum absolute atomic E-state index is 0.0352. The fourth-order valence-corrected chi connectivity index (χ4v) is 1.85. The molecule has 0 unspecified atom stereocenters. The predicted octanol–water partition coefficient (Wildman–Crippen LogP) is 2.32. The first kappa shape index (κ1) is 12.7. The standard InChI is InChI=1S/C14H10N4O3/c1-20-12-5-9(2-3-11(12)19)13-17-14(21-18-13)10-4-8(6-15)7-16-10/h2-5,7,16,19H,1H3. The highest BCUT2D eigenvalue weighted by molar-refractivity contribution is 5.62. The van der Waals surface area contributed by atoms with Crippen LogP contribution >= 0.6 is 0 Å². The molecule has 1 aromatic carbocycles. The van der Waals surface area contributed by atoms with Gasteiger partial charge in [0.2, 0.25) is 5.82 Å². The molecular weight excluding hydrogens is 272 g/mol. The maximum Gasteiger partial charge on any atom is 0.274 e. The molecule has 21 heavy (non-hydrogen) atoms. The topological polar surface area (TPSA) is 108 Å². The number of nitriles is 1. The molecular formula is C14H10N4O3. The SMILES string of the molecule is COc1cc(-c2noc(-c3cc(C#N)c[nH]3)n2)ccc1O. The molecule has 3 rings (SSSR count). The molecule has 2 heterocycles. The lowest BCUT2D eigenvalue weighted by molar-refractivity contribution is 0.373. The number of phenols is 1. The largest absolute Gasteiger partial charge is 0.504 e. The number of hydrogen-bond donors (Lipinski definition) is 2. The van der Waals surface area contributed by atoms with Crippen molar-refractivity contribution in [3.05, 3.63) is 36.0 Å². The zero-order valence-electron chi connectivity index (χ0n) is 11.0. The number of methoxy groups -OCH3 is 1. The summed E-state index contributed by atoms with van der Waals surface area (Å²) in [6.45, 7) is 0. The number of aromatic hydroxyl groups is 1. The summed E-state index contributed by atoms with van der Waals surface area (Å²) in [7, 11) is 1.46. The van der Waals surface area contributed by atoms with E-state index in [0.717, 1.165) is 0 Å². The molecule has 0 spiro atoms. The number of H-pyrrole nitrogens is 1. The lowest BCUT2D eigenvalue weighted by atomic mass is 10.2. The molecule has 7 nitrogen and oxygen atoms in total. The van der Waals surface area contributed by atoms with Crippen molar-refractivity contribution in [3.8, 4) is 40.5 Å². The number of hydrogen-bond acceptors (Lipinski definition) is 6. The van der Waals surface area contributed by atoms with E-state index in [-0.39, 0.29) is 11.6 Å². The van der Waals surface area contributed by atoms with Crippen LogP contribution in [0.1, 0.15) is 5.56 Å². The van der Waals surface area contributed by atoms with Crippen molar-refractivity contribution in [1.82, 2.24) is 15.1 Å². The molecule has 0 bridgehead atoms. The summed E-state index contributed by atoms with van der Waals surface area (Å²) in [5, 5.41) is 22.2. The Morgan fingerprint density at radius 1 is 1.38 bits per heavy atom. The second kappa shape index (κ2) is 5.02. The van der Waals surface area contributed by atoms with Gasteiger partial charge in [-0.1, -0.05) is 5.16 Å². The highest BCUT2D eigenvalue weighted by Crippen LogP contribution is 2.31. The number of ether oxygens (including phenoxy) is 1. The molecule has 0 fully saturated rings. The molecule has 2 N–H and O–H groups in total. The molecule has 0 amide bonds. The van der Waals surface area contributed by atoms with Crippen molar-refractivity contribution in [1.29, 1.82) is 5.26 Å². The number of nitrogens with zero attached hydrogens (tertiary/aromatic N) is 3. The summed E-state index contributed by atoms with van der Waals surface area (Å²) in [5.41, 5.74) is 1.69. The van der Waals surface area contributed by atoms with Crippen LogP contribution in [0.3, 0.4) is 0 Å². The average molecular weight is 282 g/mol. The highest BCUT2D eigenvalue weighted by Gasteiger charge is 2.14. The Kier molecular flexibility index (Phi) is 3.04. The number of nitrogens with one attached hydrogen (secondary N) is 1. The second-order valence-electron chi connectivity index (χ2n) is 4.22. The Bertz CT molecular complexity index is 829. The first-order valence-corrected chi connectivity index (χ1v) is 6.01. The molecule has 0 saturated carbocycles. The van der Waals surface area contributed by atoms with Gasteiger partial charge in [0.25, 0.3) is 5.89 Å². The zero-order chi connectivity index (χ0) is 14.8. The molecule has 0 aliphatic carbocycles. The maximum atomic E-state index is 9.57. The highest BCUT2D eigenvalue weighted by atomic mass is 16.5. The smallest absolute Gasteiger partial charge is 0.274 e. The van der Waals surface area contributed by atoms with E-state index < -0.39 is 0 Å². The second-order valence-corrected chi connectivity index (χ2v) is 4.22. The van der Waals surface area contributed by atoms with Crippen LogP contribution in [0.2, 0.25) is 0 Å². The molecule has 3 aromatic rings. The molecule has 7 heteroatoms. The van der Waals surface area contributed by atoms with Crippen LogP contribution in [0, 0.1) is 11.3 Å². The van der Waals surface area contributed by atoms with Crippen LogP contribution in [0.4, 0.5) is 0 Å². The number of aromatic nitrogens is 3. The summed E-state index contributed by atoms with van der Waals surface area (Å²) in [4.78, 5) is 7.13. The fourth-order valence-electron chi connectivity index (χ4n) is 1.85. The van der Waals surface area contributed by atoms with E-state index in [0.29, 0.717) is 28.4 Å². The van der Waals surface area contributed by atoms with Crippen LogP contribution in [-0.4, -0.2) is 27.3 Å². The lowest BCUT2D eigenvalue weighted by Crippen LogP contribution is -1.86. The fraction of sp³-hybridized carbons (Fsp3) is 0.0714. The van der Waals surface area contributed by atoms with Crippen LogP contribution in [0.5, 0.6) is 11.5 Å².